The lowest BCUT2D eigenvalue weighted by Gasteiger charge is -2.55. The fourth-order valence-electron chi connectivity index (χ4n) is 6.94. The van der Waals surface area contributed by atoms with Crippen molar-refractivity contribution in [2.24, 2.45) is 29.1 Å². The first-order valence-corrected chi connectivity index (χ1v) is 9.50. The van der Waals surface area contributed by atoms with Crippen LogP contribution >= 0.6 is 0 Å². The lowest BCUT2D eigenvalue weighted by Crippen LogP contribution is -2.52. The van der Waals surface area contributed by atoms with Gasteiger partial charge in [0, 0.05) is 0 Å². The Bertz CT molecular complexity index is 453. The van der Waals surface area contributed by atoms with Crippen LogP contribution in [0.2, 0.25) is 0 Å². The van der Waals surface area contributed by atoms with E-state index in [9.17, 15) is 5.11 Å². The van der Waals surface area contributed by atoms with Gasteiger partial charge in [-0.25, -0.2) is 0 Å². The highest BCUT2D eigenvalue weighted by molar-refractivity contribution is 5.20. The second-order valence-corrected chi connectivity index (χ2v) is 8.68. The molecule has 0 unspecified atom stereocenters. The predicted molar refractivity (Wildman–Crippen MR) is 86.9 cm³/mol. The summed E-state index contributed by atoms with van der Waals surface area (Å²) in [7, 11) is 0. The molecule has 0 aromatic heterocycles. The molecule has 0 aromatic carbocycles. The van der Waals surface area contributed by atoms with E-state index < -0.39 is 0 Å². The van der Waals surface area contributed by atoms with Gasteiger partial charge < -0.3 is 5.11 Å². The summed E-state index contributed by atoms with van der Waals surface area (Å²) in [4.78, 5) is 0. The topological polar surface area (TPSA) is 20.2 Å². The van der Waals surface area contributed by atoms with Crippen molar-refractivity contribution in [2.75, 3.05) is 0 Å². The highest BCUT2D eigenvalue weighted by Crippen LogP contribution is 2.65. The Morgan fingerprint density at radius 2 is 2.00 bits per heavy atom. The summed E-state index contributed by atoms with van der Waals surface area (Å²) < 4.78 is 0. The Labute approximate surface area is 130 Å². The first kappa shape index (κ1) is 14.3. The van der Waals surface area contributed by atoms with Crippen LogP contribution in [0.5, 0.6) is 0 Å². The van der Waals surface area contributed by atoms with E-state index in [-0.39, 0.29) is 11.0 Å². The predicted octanol–water partition coefficient (Wildman–Crippen LogP) is 5.09. The van der Waals surface area contributed by atoms with Crippen LogP contribution in [0, 0.1) is 29.1 Å². The Morgan fingerprint density at radius 1 is 1.14 bits per heavy atom. The molecule has 3 saturated carbocycles. The minimum atomic E-state index is -0.376. The van der Waals surface area contributed by atoms with Crippen LogP contribution in [-0.2, 0) is 0 Å². The van der Waals surface area contributed by atoms with Gasteiger partial charge in [-0.05, 0) is 86.9 Å². The third-order valence-corrected chi connectivity index (χ3v) is 8.27. The molecule has 3 fully saturated rings. The molecule has 0 aliphatic heterocycles. The molecule has 0 bridgehead atoms. The van der Waals surface area contributed by atoms with Crippen molar-refractivity contribution in [3.05, 3.63) is 11.6 Å². The summed E-state index contributed by atoms with van der Waals surface area (Å²) in [6.45, 7) is 4.62. The SMILES string of the molecule is CC[C@]1(O)CC[C@@H]2[C@@H]3CC=C4CCCC[C@@H]4[C@@H]3CC[C@]21C. The minimum absolute atomic E-state index is 0.197. The molecule has 118 valence electrons. The van der Waals surface area contributed by atoms with Crippen molar-refractivity contribution in [3.8, 4) is 0 Å². The van der Waals surface area contributed by atoms with Gasteiger partial charge in [-0.2, -0.15) is 0 Å². The Balaban J connectivity index is 1.65. The highest BCUT2D eigenvalue weighted by atomic mass is 16.3. The van der Waals surface area contributed by atoms with Gasteiger partial charge >= 0.3 is 0 Å². The van der Waals surface area contributed by atoms with Crippen molar-refractivity contribution in [2.45, 2.75) is 83.7 Å². The summed E-state index contributed by atoms with van der Waals surface area (Å²) in [6.07, 6.45) is 15.6. The number of aliphatic hydroxyl groups is 1. The van der Waals surface area contributed by atoms with Crippen LogP contribution in [0.1, 0.15) is 78.1 Å². The van der Waals surface area contributed by atoms with E-state index in [1.807, 2.05) is 5.57 Å². The van der Waals surface area contributed by atoms with Crippen LogP contribution in [0.15, 0.2) is 11.6 Å². The molecule has 4 aliphatic rings. The molecule has 1 nitrogen and oxygen atoms in total. The van der Waals surface area contributed by atoms with E-state index >= 15 is 0 Å². The quantitative estimate of drug-likeness (QED) is 0.666. The van der Waals surface area contributed by atoms with Crippen LogP contribution in [-0.4, -0.2) is 10.7 Å². The number of hydrogen-bond donors (Lipinski definition) is 1. The summed E-state index contributed by atoms with van der Waals surface area (Å²) in [6, 6.07) is 0. The molecule has 0 radical (unpaired) electrons. The largest absolute Gasteiger partial charge is 0.389 e. The highest BCUT2D eigenvalue weighted by Gasteiger charge is 2.61. The first-order chi connectivity index (χ1) is 10.1. The van der Waals surface area contributed by atoms with Gasteiger partial charge in [0.2, 0.25) is 0 Å². The molecule has 1 N–H and O–H groups in total. The van der Waals surface area contributed by atoms with Crippen molar-refractivity contribution in [1.82, 2.24) is 0 Å². The van der Waals surface area contributed by atoms with Gasteiger partial charge in [-0.3, -0.25) is 0 Å². The average Bonchev–Trinajstić information content (AvgIpc) is 2.79. The number of allylic oxidation sites excluding steroid dienone is 2. The zero-order chi connectivity index (χ0) is 14.7. The zero-order valence-electron chi connectivity index (χ0n) is 13.9. The van der Waals surface area contributed by atoms with Crippen molar-refractivity contribution in [3.63, 3.8) is 0 Å². The molecular weight excluding hydrogens is 256 g/mol. The normalized spacial score (nSPS) is 52.6. The lowest BCUT2D eigenvalue weighted by atomic mass is 9.51. The molecule has 0 aromatic rings. The summed E-state index contributed by atoms with van der Waals surface area (Å²) in [5, 5.41) is 11.2. The summed E-state index contributed by atoms with van der Waals surface area (Å²) >= 11 is 0. The standard InChI is InChI=1S/C20H32O/c1-3-20(21)13-11-18-17-9-8-14-6-4-5-7-15(14)16(17)10-12-19(18,20)2/h8,15-18,21H,3-7,9-13H2,1-2H3/t15-,16-,17+,18+,19+,20-/m0/s1. The number of fused-ring (bicyclic) bond motifs is 5. The fourth-order valence-corrected chi connectivity index (χ4v) is 6.94. The molecular formula is C20H32O. The van der Waals surface area contributed by atoms with E-state index in [0.29, 0.717) is 0 Å². The van der Waals surface area contributed by atoms with Gasteiger partial charge in [0.1, 0.15) is 0 Å². The smallest absolute Gasteiger partial charge is 0.0701 e. The van der Waals surface area contributed by atoms with Crippen LogP contribution in [0.3, 0.4) is 0 Å². The van der Waals surface area contributed by atoms with Crippen molar-refractivity contribution in [1.29, 1.82) is 0 Å². The van der Waals surface area contributed by atoms with E-state index in [1.54, 1.807) is 0 Å². The van der Waals surface area contributed by atoms with Gasteiger partial charge in [-0.1, -0.05) is 31.9 Å². The number of rotatable bonds is 1. The molecule has 0 spiro atoms. The van der Waals surface area contributed by atoms with Crippen LogP contribution in [0.4, 0.5) is 0 Å². The van der Waals surface area contributed by atoms with E-state index in [4.69, 9.17) is 0 Å². The average molecular weight is 288 g/mol. The monoisotopic (exact) mass is 288 g/mol. The van der Waals surface area contributed by atoms with Crippen molar-refractivity contribution < 1.29 is 5.11 Å². The molecule has 0 saturated heterocycles. The molecule has 4 aliphatic carbocycles. The second-order valence-electron chi connectivity index (χ2n) is 8.68. The third-order valence-electron chi connectivity index (χ3n) is 8.27. The Hall–Kier alpha value is -0.300. The maximum atomic E-state index is 11.2. The number of hydrogen-bond acceptors (Lipinski definition) is 1. The van der Waals surface area contributed by atoms with Gasteiger partial charge in [0.25, 0.3) is 0 Å². The maximum Gasteiger partial charge on any atom is 0.0701 e. The molecule has 21 heavy (non-hydrogen) atoms. The Kier molecular flexibility index (Phi) is 3.30. The Morgan fingerprint density at radius 3 is 2.81 bits per heavy atom. The van der Waals surface area contributed by atoms with Gasteiger partial charge in [0.05, 0.1) is 5.60 Å². The molecule has 4 rings (SSSR count). The van der Waals surface area contributed by atoms with Gasteiger partial charge in [0.15, 0.2) is 0 Å². The first-order valence-electron chi connectivity index (χ1n) is 9.50. The summed E-state index contributed by atoms with van der Waals surface area (Å²) in [5.74, 6) is 3.51. The van der Waals surface area contributed by atoms with Crippen molar-refractivity contribution >= 4 is 0 Å². The molecule has 6 atom stereocenters. The van der Waals surface area contributed by atoms with E-state index in [0.717, 1.165) is 36.5 Å². The maximum absolute atomic E-state index is 11.2. The van der Waals surface area contributed by atoms with Gasteiger partial charge in [-0.15, -0.1) is 0 Å². The molecule has 0 heterocycles. The fraction of sp³-hybridized carbons (Fsp3) is 0.900. The van der Waals surface area contributed by atoms with Crippen LogP contribution < -0.4 is 0 Å². The van der Waals surface area contributed by atoms with E-state index in [2.05, 4.69) is 19.9 Å². The van der Waals surface area contributed by atoms with E-state index in [1.165, 1.54) is 51.4 Å². The van der Waals surface area contributed by atoms with Crippen LogP contribution in [0.25, 0.3) is 0 Å². The molecule has 0 amide bonds. The second kappa shape index (κ2) is 4.85. The lowest BCUT2D eigenvalue weighted by molar-refractivity contribution is -0.116. The third kappa shape index (κ3) is 1.85. The summed E-state index contributed by atoms with van der Waals surface area (Å²) in [5.41, 5.74) is 1.64. The zero-order valence-corrected chi connectivity index (χ0v) is 13.9. The molecule has 1 heteroatoms. The minimum Gasteiger partial charge on any atom is -0.389 e.